The number of benzene rings is 2. The standard InChI is InChI=1S/C19H13NO3S/c1-11-6-7-12(19(21)22)10-13(11)15-8-9-16(23-15)18-20-14-4-2-3-5-17(14)24-18/h2-10H,1H3,(H,21,22). The molecule has 24 heavy (non-hydrogen) atoms. The normalized spacial score (nSPS) is 11.0. The lowest BCUT2D eigenvalue weighted by molar-refractivity contribution is 0.0697. The molecular weight excluding hydrogens is 322 g/mol. The van der Waals surface area contributed by atoms with E-state index in [1.165, 1.54) is 0 Å². The Kier molecular flexibility index (Phi) is 3.43. The van der Waals surface area contributed by atoms with Crippen LogP contribution in [-0.2, 0) is 0 Å². The summed E-state index contributed by atoms with van der Waals surface area (Å²) < 4.78 is 7.06. The Hall–Kier alpha value is -2.92. The van der Waals surface area contributed by atoms with E-state index in [-0.39, 0.29) is 5.56 Å². The summed E-state index contributed by atoms with van der Waals surface area (Å²) in [7, 11) is 0. The highest BCUT2D eigenvalue weighted by Gasteiger charge is 2.14. The molecule has 0 saturated heterocycles. The van der Waals surface area contributed by atoms with Gasteiger partial charge in [-0.25, -0.2) is 9.78 Å². The van der Waals surface area contributed by atoms with Gasteiger partial charge in [0.1, 0.15) is 5.76 Å². The van der Waals surface area contributed by atoms with Crippen molar-refractivity contribution in [3.8, 4) is 22.1 Å². The van der Waals surface area contributed by atoms with Crippen molar-refractivity contribution in [3.63, 3.8) is 0 Å². The van der Waals surface area contributed by atoms with E-state index < -0.39 is 5.97 Å². The number of para-hydroxylation sites is 1. The van der Waals surface area contributed by atoms with Crippen LogP contribution in [0, 0.1) is 6.92 Å². The topological polar surface area (TPSA) is 63.3 Å². The van der Waals surface area contributed by atoms with Gasteiger partial charge < -0.3 is 9.52 Å². The lowest BCUT2D eigenvalue weighted by atomic mass is 10.0. The molecule has 118 valence electrons. The SMILES string of the molecule is Cc1ccc(C(=O)O)cc1-c1ccc(-c2nc3ccccc3s2)o1. The highest BCUT2D eigenvalue weighted by molar-refractivity contribution is 7.21. The van der Waals surface area contributed by atoms with E-state index in [9.17, 15) is 9.90 Å². The quantitative estimate of drug-likeness (QED) is 0.557. The van der Waals surface area contributed by atoms with Crippen LogP contribution in [-0.4, -0.2) is 16.1 Å². The molecule has 4 nitrogen and oxygen atoms in total. The summed E-state index contributed by atoms with van der Waals surface area (Å²) in [6, 6.07) is 16.7. The van der Waals surface area contributed by atoms with Crippen molar-refractivity contribution >= 4 is 27.5 Å². The molecule has 0 aliphatic carbocycles. The van der Waals surface area contributed by atoms with Crippen LogP contribution in [0.15, 0.2) is 59.0 Å². The Labute approximate surface area is 142 Å². The van der Waals surface area contributed by atoms with Gasteiger partial charge in [-0.15, -0.1) is 11.3 Å². The average molecular weight is 335 g/mol. The largest absolute Gasteiger partial charge is 0.478 e. The van der Waals surface area contributed by atoms with Crippen molar-refractivity contribution in [1.82, 2.24) is 4.98 Å². The van der Waals surface area contributed by atoms with Crippen molar-refractivity contribution in [2.24, 2.45) is 0 Å². The molecule has 2 aromatic carbocycles. The number of furan rings is 1. The van der Waals surface area contributed by atoms with Crippen molar-refractivity contribution in [2.75, 3.05) is 0 Å². The maximum atomic E-state index is 11.2. The second-order valence-corrected chi connectivity index (χ2v) is 6.52. The van der Waals surface area contributed by atoms with E-state index in [0.717, 1.165) is 26.4 Å². The molecular formula is C19H13NO3S. The molecule has 1 N–H and O–H groups in total. The summed E-state index contributed by atoms with van der Waals surface area (Å²) >= 11 is 1.57. The molecule has 0 amide bonds. The van der Waals surface area contributed by atoms with E-state index >= 15 is 0 Å². The smallest absolute Gasteiger partial charge is 0.335 e. The van der Waals surface area contributed by atoms with Gasteiger partial charge in [0.2, 0.25) is 0 Å². The fraction of sp³-hybridized carbons (Fsp3) is 0.0526. The Morgan fingerprint density at radius 3 is 2.67 bits per heavy atom. The molecule has 0 aliphatic heterocycles. The minimum atomic E-state index is -0.950. The molecule has 0 radical (unpaired) electrons. The van der Waals surface area contributed by atoms with Crippen LogP contribution in [0.2, 0.25) is 0 Å². The van der Waals surface area contributed by atoms with Crippen LogP contribution in [0.25, 0.3) is 32.3 Å². The predicted molar refractivity (Wildman–Crippen MR) is 94.5 cm³/mol. The molecule has 5 heteroatoms. The molecule has 0 bridgehead atoms. The van der Waals surface area contributed by atoms with Crippen LogP contribution in [0.5, 0.6) is 0 Å². The highest BCUT2D eigenvalue weighted by Crippen LogP contribution is 2.34. The number of carboxylic acid groups (broad SMARTS) is 1. The number of thiazole rings is 1. The number of rotatable bonds is 3. The van der Waals surface area contributed by atoms with Gasteiger partial charge in [-0.2, -0.15) is 0 Å². The lowest BCUT2D eigenvalue weighted by Crippen LogP contribution is -1.96. The van der Waals surface area contributed by atoms with Crippen molar-refractivity contribution in [2.45, 2.75) is 6.92 Å². The Balaban J connectivity index is 1.77. The number of aromatic nitrogens is 1. The second kappa shape index (κ2) is 5.62. The molecule has 4 aromatic rings. The van der Waals surface area contributed by atoms with E-state index in [1.807, 2.05) is 43.3 Å². The van der Waals surface area contributed by atoms with Gasteiger partial charge in [0.25, 0.3) is 0 Å². The Morgan fingerprint density at radius 1 is 1.08 bits per heavy atom. The molecule has 0 atom stereocenters. The summed E-state index contributed by atoms with van der Waals surface area (Å²) in [4.78, 5) is 15.8. The molecule has 0 spiro atoms. The highest BCUT2D eigenvalue weighted by atomic mass is 32.1. The Bertz CT molecular complexity index is 1030. The van der Waals surface area contributed by atoms with E-state index in [4.69, 9.17) is 4.42 Å². The fourth-order valence-corrected chi connectivity index (χ4v) is 3.52. The third-order valence-electron chi connectivity index (χ3n) is 3.86. The minimum absolute atomic E-state index is 0.244. The molecule has 2 heterocycles. The van der Waals surface area contributed by atoms with Crippen LogP contribution in [0.1, 0.15) is 15.9 Å². The van der Waals surface area contributed by atoms with Crippen LogP contribution < -0.4 is 0 Å². The molecule has 0 fully saturated rings. The fourth-order valence-electron chi connectivity index (χ4n) is 2.60. The van der Waals surface area contributed by atoms with E-state index in [2.05, 4.69) is 4.98 Å². The third-order valence-corrected chi connectivity index (χ3v) is 4.91. The predicted octanol–water partition coefficient (Wildman–Crippen LogP) is 5.23. The number of aromatic carboxylic acids is 1. The van der Waals surface area contributed by atoms with Crippen molar-refractivity contribution in [3.05, 3.63) is 65.7 Å². The van der Waals surface area contributed by atoms with Crippen LogP contribution in [0.3, 0.4) is 0 Å². The number of carbonyl (C=O) groups is 1. The maximum absolute atomic E-state index is 11.2. The van der Waals surface area contributed by atoms with Crippen LogP contribution >= 0.6 is 11.3 Å². The summed E-state index contributed by atoms with van der Waals surface area (Å²) in [5.74, 6) is 0.380. The lowest BCUT2D eigenvalue weighted by Gasteiger charge is -2.04. The first-order valence-corrected chi connectivity index (χ1v) is 8.23. The summed E-state index contributed by atoms with van der Waals surface area (Å²) in [6.45, 7) is 1.93. The number of hydrogen-bond donors (Lipinski definition) is 1. The maximum Gasteiger partial charge on any atom is 0.335 e. The van der Waals surface area contributed by atoms with Gasteiger partial charge in [-0.05, 0) is 48.9 Å². The molecule has 0 saturated carbocycles. The van der Waals surface area contributed by atoms with Crippen LogP contribution in [0.4, 0.5) is 0 Å². The molecule has 4 rings (SSSR count). The van der Waals surface area contributed by atoms with Crippen molar-refractivity contribution in [1.29, 1.82) is 0 Å². The monoisotopic (exact) mass is 335 g/mol. The first-order chi connectivity index (χ1) is 11.6. The van der Waals surface area contributed by atoms with Crippen molar-refractivity contribution < 1.29 is 14.3 Å². The average Bonchev–Trinajstić information content (AvgIpc) is 3.21. The second-order valence-electron chi connectivity index (χ2n) is 5.49. The summed E-state index contributed by atoms with van der Waals surface area (Å²) in [5, 5.41) is 9.99. The van der Waals surface area contributed by atoms with E-state index in [0.29, 0.717) is 11.5 Å². The number of nitrogens with zero attached hydrogens (tertiary/aromatic N) is 1. The zero-order valence-electron chi connectivity index (χ0n) is 12.8. The molecule has 2 aromatic heterocycles. The molecule has 0 aliphatic rings. The third kappa shape index (κ3) is 2.49. The van der Waals surface area contributed by atoms with Gasteiger partial charge in [0, 0.05) is 5.56 Å². The summed E-state index contributed by atoms with van der Waals surface area (Å²) in [6.07, 6.45) is 0. The first-order valence-electron chi connectivity index (χ1n) is 7.42. The summed E-state index contributed by atoms with van der Waals surface area (Å²) in [5.41, 5.74) is 2.93. The van der Waals surface area contributed by atoms with E-state index in [1.54, 1.807) is 29.5 Å². The minimum Gasteiger partial charge on any atom is -0.478 e. The van der Waals surface area contributed by atoms with Gasteiger partial charge in [0.05, 0.1) is 15.8 Å². The number of fused-ring (bicyclic) bond motifs is 1. The van der Waals surface area contributed by atoms with Gasteiger partial charge in [-0.3, -0.25) is 0 Å². The number of carboxylic acids is 1. The number of aryl methyl sites for hydroxylation is 1. The Morgan fingerprint density at radius 2 is 1.88 bits per heavy atom. The van der Waals surface area contributed by atoms with Gasteiger partial charge in [0.15, 0.2) is 10.8 Å². The zero-order chi connectivity index (χ0) is 16.7. The number of hydrogen-bond acceptors (Lipinski definition) is 4. The zero-order valence-corrected chi connectivity index (χ0v) is 13.6. The first kappa shape index (κ1) is 14.7. The molecule has 0 unspecified atom stereocenters. The van der Waals surface area contributed by atoms with Gasteiger partial charge in [-0.1, -0.05) is 18.2 Å². The van der Waals surface area contributed by atoms with Gasteiger partial charge >= 0.3 is 5.97 Å².